The topological polar surface area (TPSA) is 30.5 Å². The van der Waals surface area contributed by atoms with Crippen LogP contribution in [-0.2, 0) is 6.54 Å². The van der Waals surface area contributed by atoms with Crippen molar-refractivity contribution in [1.82, 2.24) is 5.32 Å². The zero-order valence-corrected chi connectivity index (χ0v) is 12.4. The molecular weight excluding hydrogens is 306 g/mol. The van der Waals surface area contributed by atoms with Gasteiger partial charge >= 0.3 is 0 Å². The van der Waals surface area contributed by atoms with Crippen LogP contribution in [-0.4, -0.2) is 12.8 Å². The molecule has 3 aliphatic rings. The molecule has 0 atom stereocenters. The Balaban J connectivity index is 1.47. The molecule has 0 amide bonds. The fraction of sp³-hybridized carbons (Fsp3) is 0.600. The van der Waals surface area contributed by atoms with Crippen LogP contribution in [0.25, 0.3) is 0 Å². The quantitative estimate of drug-likeness (QED) is 0.900. The Bertz CT molecular complexity index is 485. The van der Waals surface area contributed by atoms with E-state index in [1.807, 2.05) is 6.07 Å². The van der Waals surface area contributed by atoms with Crippen LogP contribution in [0.3, 0.4) is 0 Å². The first-order valence-corrected chi connectivity index (χ1v) is 7.92. The number of fused-ring (bicyclic) bond motifs is 1. The normalized spacial score (nSPS) is 21.2. The lowest BCUT2D eigenvalue weighted by Gasteiger charge is -2.18. The van der Waals surface area contributed by atoms with E-state index in [2.05, 4.69) is 27.3 Å². The molecule has 1 aliphatic heterocycles. The number of hydrogen-bond donors (Lipinski definition) is 1. The van der Waals surface area contributed by atoms with Crippen molar-refractivity contribution in [3.63, 3.8) is 0 Å². The highest BCUT2D eigenvalue weighted by molar-refractivity contribution is 9.10. The Morgan fingerprint density at radius 1 is 1.11 bits per heavy atom. The van der Waals surface area contributed by atoms with Gasteiger partial charge in [0.2, 0.25) is 6.79 Å². The van der Waals surface area contributed by atoms with Crippen LogP contribution in [0.2, 0.25) is 0 Å². The minimum Gasteiger partial charge on any atom is -0.454 e. The molecule has 1 aromatic carbocycles. The summed E-state index contributed by atoms with van der Waals surface area (Å²) < 4.78 is 11.9. The largest absolute Gasteiger partial charge is 0.454 e. The molecule has 3 nitrogen and oxygen atoms in total. The fourth-order valence-electron chi connectivity index (χ4n) is 2.95. The second-order valence-corrected chi connectivity index (χ2v) is 6.73. The molecule has 1 aromatic rings. The zero-order valence-electron chi connectivity index (χ0n) is 10.8. The molecule has 2 fully saturated rings. The summed E-state index contributed by atoms with van der Waals surface area (Å²) in [5.41, 5.74) is 1.26. The first kappa shape index (κ1) is 12.0. The second kappa shape index (κ2) is 4.67. The standard InChI is InChI=1S/C15H18BrNO2/c16-12-6-14-13(18-8-19-14)5-11(12)7-17-15(9-1-2-9)10-3-4-10/h5-6,9-10,15,17H,1-4,7-8H2. The van der Waals surface area contributed by atoms with Crippen molar-refractivity contribution < 1.29 is 9.47 Å². The van der Waals surface area contributed by atoms with E-state index in [9.17, 15) is 0 Å². The highest BCUT2D eigenvalue weighted by atomic mass is 79.9. The summed E-state index contributed by atoms with van der Waals surface area (Å²) in [6.45, 7) is 1.25. The molecule has 4 heteroatoms. The van der Waals surface area contributed by atoms with Crippen LogP contribution >= 0.6 is 15.9 Å². The van der Waals surface area contributed by atoms with Crippen LogP contribution in [0.4, 0.5) is 0 Å². The molecule has 2 aliphatic carbocycles. The van der Waals surface area contributed by atoms with Gasteiger partial charge in [0.1, 0.15) is 0 Å². The molecule has 0 aromatic heterocycles. The first-order valence-electron chi connectivity index (χ1n) is 7.12. The Morgan fingerprint density at radius 3 is 2.37 bits per heavy atom. The summed E-state index contributed by atoms with van der Waals surface area (Å²) in [6, 6.07) is 4.84. The number of hydrogen-bond acceptors (Lipinski definition) is 3. The minimum atomic E-state index is 0.339. The number of rotatable bonds is 5. The van der Waals surface area contributed by atoms with Gasteiger partial charge in [-0.15, -0.1) is 0 Å². The molecule has 19 heavy (non-hydrogen) atoms. The average Bonchev–Trinajstić information content (AvgIpc) is 3.30. The summed E-state index contributed by atoms with van der Waals surface area (Å²) in [5, 5.41) is 3.77. The third-order valence-corrected chi connectivity index (χ3v) is 5.07. The molecule has 0 bridgehead atoms. The maximum atomic E-state index is 5.45. The van der Waals surface area contributed by atoms with E-state index in [0.717, 1.165) is 40.4 Å². The molecule has 1 N–H and O–H groups in total. The lowest BCUT2D eigenvalue weighted by molar-refractivity contribution is 0.174. The number of nitrogens with one attached hydrogen (secondary N) is 1. The number of benzene rings is 1. The van der Waals surface area contributed by atoms with Gasteiger partial charge in [0.15, 0.2) is 11.5 Å². The third-order valence-electron chi connectivity index (χ3n) is 4.33. The van der Waals surface area contributed by atoms with Gasteiger partial charge in [0.05, 0.1) is 0 Å². The van der Waals surface area contributed by atoms with Gasteiger partial charge in [-0.1, -0.05) is 15.9 Å². The second-order valence-electron chi connectivity index (χ2n) is 5.88. The van der Waals surface area contributed by atoms with Crippen molar-refractivity contribution in [2.24, 2.45) is 11.8 Å². The highest BCUT2D eigenvalue weighted by Gasteiger charge is 2.41. The average molecular weight is 324 g/mol. The third kappa shape index (κ3) is 2.48. The molecule has 4 rings (SSSR count). The molecule has 0 radical (unpaired) electrons. The van der Waals surface area contributed by atoms with Crippen LogP contribution in [0, 0.1) is 11.8 Å². The maximum Gasteiger partial charge on any atom is 0.231 e. The molecule has 1 heterocycles. The molecular formula is C15H18BrNO2. The fourth-order valence-corrected chi connectivity index (χ4v) is 3.41. The van der Waals surface area contributed by atoms with Crippen molar-refractivity contribution in [1.29, 1.82) is 0 Å². The molecule has 0 spiro atoms. The Kier molecular flexibility index (Phi) is 2.96. The number of ether oxygens (including phenoxy) is 2. The van der Waals surface area contributed by atoms with Crippen molar-refractivity contribution in [2.45, 2.75) is 38.3 Å². The Hall–Kier alpha value is -0.740. The summed E-state index contributed by atoms with van der Waals surface area (Å²) in [4.78, 5) is 0. The van der Waals surface area contributed by atoms with E-state index in [1.165, 1.54) is 31.2 Å². The van der Waals surface area contributed by atoms with Crippen molar-refractivity contribution >= 4 is 15.9 Å². The molecule has 2 saturated carbocycles. The van der Waals surface area contributed by atoms with Crippen molar-refractivity contribution in [3.8, 4) is 11.5 Å². The molecule has 0 unspecified atom stereocenters. The van der Waals surface area contributed by atoms with Crippen LogP contribution < -0.4 is 14.8 Å². The van der Waals surface area contributed by atoms with Crippen molar-refractivity contribution in [3.05, 3.63) is 22.2 Å². The zero-order chi connectivity index (χ0) is 12.8. The molecule has 102 valence electrons. The van der Waals surface area contributed by atoms with Crippen LogP contribution in [0.15, 0.2) is 16.6 Å². The van der Waals surface area contributed by atoms with Gasteiger partial charge in [-0.05, 0) is 55.2 Å². The van der Waals surface area contributed by atoms with Crippen molar-refractivity contribution in [2.75, 3.05) is 6.79 Å². The summed E-state index contributed by atoms with van der Waals surface area (Å²) in [7, 11) is 0. The van der Waals surface area contributed by atoms with Crippen LogP contribution in [0.5, 0.6) is 11.5 Å². The Morgan fingerprint density at radius 2 is 1.74 bits per heavy atom. The lowest BCUT2D eigenvalue weighted by Crippen LogP contribution is -2.32. The van der Waals surface area contributed by atoms with E-state index in [-0.39, 0.29) is 0 Å². The van der Waals surface area contributed by atoms with Gasteiger partial charge in [-0.25, -0.2) is 0 Å². The van der Waals surface area contributed by atoms with E-state index in [1.54, 1.807) is 0 Å². The minimum absolute atomic E-state index is 0.339. The smallest absolute Gasteiger partial charge is 0.231 e. The summed E-state index contributed by atoms with van der Waals surface area (Å²) >= 11 is 3.63. The maximum absolute atomic E-state index is 5.45. The monoisotopic (exact) mass is 323 g/mol. The Labute approximate surface area is 121 Å². The van der Waals surface area contributed by atoms with Gasteiger partial charge in [0, 0.05) is 17.1 Å². The molecule has 0 saturated heterocycles. The predicted octanol–water partition coefficient (Wildman–Crippen LogP) is 3.46. The van der Waals surface area contributed by atoms with E-state index in [0.29, 0.717) is 6.79 Å². The van der Waals surface area contributed by atoms with Gasteiger partial charge in [-0.2, -0.15) is 0 Å². The number of halogens is 1. The first-order chi connectivity index (χ1) is 9.31. The summed E-state index contributed by atoms with van der Waals surface area (Å²) in [5.74, 6) is 3.58. The van der Waals surface area contributed by atoms with E-state index < -0.39 is 0 Å². The van der Waals surface area contributed by atoms with E-state index >= 15 is 0 Å². The van der Waals surface area contributed by atoms with Gasteiger partial charge in [0.25, 0.3) is 0 Å². The van der Waals surface area contributed by atoms with Gasteiger partial charge < -0.3 is 14.8 Å². The predicted molar refractivity (Wildman–Crippen MR) is 76.3 cm³/mol. The SMILES string of the molecule is Brc1cc2c(cc1CNC(C1CC1)C1CC1)OCO2. The highest BCUT2D eigenvalue weighted by Crippen LogP contribution is 2.45. The van der Waals surface area contributed by atoms with Gasteiger partial charge in [-0.3, -0.25) is 0 Å². The van der Waals surface area contributed by atoms with E-state index in [4.69, 9.17) is 9.47 Å². The van der Waals surface area contributed by atoms with Crippen LogP contribution in [0.1, 0.15) is 31.2 Å². The lowest BCUT2D eigenvalue weighted by atomic mass is 10.1. The summed E-state index contributed by atoms with van der Waals surface area (Å²) in [6.07, 6.45) is 5.65.